The lowest BCUT2D eigenvalue weighted by Crippen LogP contribution is -2.03. The number of rotatable bonds is 2. The Morgan fingerprint density at radius 2 is 2.75 bits per heavy atom. The van der Waals surface area contributed by atoms with Crippen molar-refractivity contribution < 1.29 is 0 Å². The Labute approximate surface area is 48.1 Å². The Morgan fingerprint density at radius 1 is 1.88 bits per heavy atom. The number of hydrogen-bond acceptors (Lipinski definition) is 2. The van der Waals surface area contributed by atoms with Gasteiger partial charge in [0.2, 0.25) is 0 Å². The number of nitrogens with zero attached hydrogens (tertiary/aromatic N) is 1. The first-order valence-corrected chi connectivity index (χ1v) is 2.35. The quantitative estimate of drug-likeness (QED) is 0.531. The van der Waals surface area contributed by atoms with E-state index in [9.17, 15) is 0 Å². The van der Waals surface area contributed by atoms with E-state index in [-0.39, 0.29) is 0 Å². The summed E-state index contributed by atoms with van der Waals surface area (Å²) in [6.07, 6.45) is 3.44. The molecular weight excluding hydrogens is 102 g/mol. The largest absolute Gasteiger partial charge is 0.348 e. The number of imidazole rings is 1. The molecule has 0 spiro atoms. The van der Waals surface area contributed by atoms with Crippen LogP contribution in [0.3, 0.4) is 0 Å². The molecule has 3 heteroatoms. The lowest BCUT2D eigenvalue weighted by Gasteiger charge is -1.88. The molecule has 0 amide bonds. The van der Waals surface area contributed by atoms with Crippen LogP contribution in [0.25, 0.3) is 0 Å². The summed E-state index contributed by atoms with van der Waals surface area (Å²) in [6, 6.07) is 0. The predicted octanol–water partition coefficient (Wildman–Crippen LogP) is 0.168. The molecule has 42 valence electrons. The van der Waals surface area contributed by atoms with Gasteiger partial charge in [0.05, 0.1) is 6.54 Å². The van der Waals surface area contributed by atoms with Crippen molar-refractivity contribution >= 4 is 0 Å². The molecule has 0 aromatic carbocycles. The zero-order chi connectivity index (χ0) is 5.82. The maximum Gasteiger partial charge on any atom is 0.120 e. The van der Waals surface area contributed by atoms with Crippen molar-refractivity contribution in [3.8, 4) is 0 Å². The highest BCUT2D eigenvalue weighted by atomic mass is 14.9. The molecule has 0 fully saturated rings. The molecule has 3 nitrogen and oxygen atoms in total. The molecule has 1 rings (SSSR count). The van der Waals surface area contributed by atoms with Crippen LogP contribution in [0.2, 0.25) is 0 Å². The van der Waals surface area contributed by atoms with Crippen LogP contribution in [0, 0.1) is 7.05 Å². The fourth-order valence-electron chi connectivity index (χ4n) is 0.491. The van der Waals surface area contributed by atoms with Crippen molar-refractivity contribution in [2.75, 3.05) is 0 Å². The molecule has 0 aliphatic rings. The van der Waals surface area contributed by atoms with Crippen LogP contribution < -0.4 is 5.32 Å². The molecule has 1 aromatic heterocycles. The van der Waals surface area contributed by atoms with Crippen LogP contribution in [-0.4, -0.2) is 9.97 Å². The average Bonchev–Trinajstić information content (AvgIpc) is 2.19. The van der Waals surface area contributed by atoms with Crippen molar-refractivity contribution in [3.05, 3.63) is 25.3 Å². The summed E-state index contributed by atoms with van der Waals surface area (Å²) in [5.74, 6) is 0.854. The van der Waals surface area contributed by atoms with Gasteiger partial charge in [0.25, 0.3) is 0 Å². The molecule has 0 bridgehead atoms. The van der Waals surface area contributed by atoms with E-state index in [4.69, 9.17) is 7.05 Å². The second-order valence-electron chi connectivity index (χ2n) is 1.42. The van der Waals surface area contributed by atoms with E-state index in [0.717, 1.165) is 5.82 Å². The average molecular weight is 109 g/mol. The Balaban J connectivity index is 2.50. The van der Waals surface area contributed by atoms with Gasteiger partial charge in [-0.05, 0) is 0 Å². The molecule has 0 saturated carbocycles. The van der Waals surface area contributed by atoms with E-state index in [1.807, 2.05) is 0 Å². The Hall–Kier alpha value is -0.830. The molecule has 0 saturated heterocycles. The third-order valence-corrected chi connectivity index (χ3v) is 0.824. The van der Waals surface area contributed by atoms with Crippen LogP contribution >= 0.6 is 0 Å². The van der Waals surface area contributed by atoms with E-state index in [0.29, 0.717) is 6.54 Å². The van der Waals surface area contributed by atoms with Gasteiger partial charge in [0, 0.05) is 19.4 Å². The Bertz CT molecular complexity index is 133. The van der Waals surface area contributed by atoms with Gasteiger partial charge in [0.15, 0.2) is 0 Å². The first kappa shape index (κ1) is 5.31. The van der Waals surface area contributed by atoms with Crippen LogP contribution in [-0.2, 0) is 6.54 Å². The second kappa shape index (κ2) is 2.47. The first-order valence-electron chi connectivity index (χ1n) is 2.35. The summed E-state index contributed by atoms with van der Waals surface area (Å²) < 4.78 is 0. The Morgan fingerprint density at radius 3 is 3.25 bits per heavy atom. The van der Waals surface area contributed by atoms with Gasteiger partial charge in [-0.2, -0.15) is 0 Å². The summed E-state index contributed by atoms with van der Waals surface area (Å²) in [5, 5.41) is 2.48. The highest BCUT2D eigenvalue weighted by molar-refractivity contribution is 4.85. The smallest absolute Gasteiger partial charge is 0.120 e. The van der Waals surface area contributed by atoms with E-state index in [1.54, 1.807) is 12.4 Å². The van der Waals surface area contributed by atoms with Crippen molar-refractivity contribution in [1.82, 2.24) is 15.3 Å². The van der Waals surface area contributed by atoms with E-state index in [2.05, 4.69) is 15.3 Å². The number of aromatic nitrogens is 2. The molecular formula is C5H7N3. The van der Waals surface area contributed by atoms with Crippen LogP contribution in [0.1, 0.15) is 5.82 Å². The SMILES string of the molecule is [CH]NCc1ncc[nH]1. The second-order valence-corrected chi connectivity index (χ2v) is 1.42. The molecule has 0 unspecified atom stereocenters. The third-order valence-electron chi connectivity index (χ3n) is 0.824. The molecule has 8 heavy (non-hydrogen) atoms. The fraction of sp³-hybridized carbons (Fsp3) is 0.200. The summed E-state index contributed by atoms with van der Waals surface area (Å²) in [5.41, 5.74) is 0. The van der Waals surface area contributed by atoms with Gasteiger partial charge >= 0.3 is 0 Å². The fourth-order valence-corrected chi connectivity index (χ4v) is 0.491. The summed E-state index contributed by atoms with van der Waals surface area (Å²) in [6.45, 7) is 0.590. The predicted molar refractivity (Wildman–Crippen MR) is 29.7 cm³/mol. The van der Waals surface area contributed by atoms with Crippen LogP contribution in [0.4, 0.5) is 0 Å². The number of nitrogens with one attached hydrogen (secondary N) is 2. The molecule has 2 radical (unpaired) electrons. The van der Waals surface area contributed by atoms with Crippen molar-refractivity contribution in [1.29, 1.82) is 0 Å². The van der Waals surface area contributed by atoms with E-state index < -0.39 is 0 Å². The van der Waals surface area contributed by atoms with Crippen molar-refractivity contribution in [2.24, 2.45) is 0 Å². The van der Waals surface area contributed by atoms with Crippen LogP contribution in [0.15, 0.2) is 12.4 Å². The molecule has 0 aliphatic carbocycles. The van der Waals surface area contributed by atoms with Gasteiger partial charge in [0.1, 0.15) is 5.82 Å². The van der Waals surface area contributed by atoms with Gasteiger partial charge in [-0.3, -0.25) is 0 Å². The number of hydrogen-bond donors (Lipinski definition) is 2. The maximum atomic E-state index is 5.01. The normalized spacial score (nSPS) is 9.62. The molecule has 0 aliphatic heterocycles. The van der Waals surface area contributed by atoms with Crippen LogP contribution in [0.5, 0.6) is 0 Å². The van der Waals surface area contributed by atoms with Crippen molar-refractivity contribution in [2.45, 2.75) is 6.54 Å². The summed E-state index contributed by atoms with van der Waals surface area (Å²) in [4.78, 5) is 6.79. The molecule has 0 atom stereocenters. The standard InChI is InChI=1S/C5H7N3/c1-6-4-5-7-2-3-8-5/h1-3,6H,4H2,(H,7,8). The minimum absolute atomic E-state index is 0.590. The first-order chi connectivity index (χ1) is 3.93. The monoisotopic (exact) mass is 109 g/mol. The lowest BCUT2D eigenvalue weighted by atomic mass is 10.6. The minimum Gasteiger partial charge on any atom is -0.348 e. The summed E-state index contributed by atoms with van der Waals surface area (Å²) in [7, 11) is 5.01. The van der Waals surface area contributed by atoms with Crippen molar-refractivity contribution in [3.63, 3.8) is 0 Å². The van der Waals surface area contributed by atoms with Gasteiger partial charge < -0.3 is 10.3 Å². The molecule has 1 heterocycles. The summed E-state index contributed by atoms with van der Waals surface area (Å²) >= 11 is 0. The minimum atomic E-state index is 0.590. The number of aromatic amines is 1. The highest BCUT2D eigenvalue weighted by Crippen LogP contribution is 1.84. The lowest BCUT2D eigenvalue weighted by molar-refractivity contribution is 0.809. The topological polar surface area (TPSA) is 40.7 Å². The zero-order valence-corrected chi connectivity index (χ0v) is 4.39. The Kier molecular flexibility index (Phi) is 1.64. The molecule has 2 N–H and O–H groups in total. The van der Waals surface area contributed by atoms with Gasteiger partial charge in [-0.15, -0.1) is 0 Å². The maximum absolute atomic E-state index is 5.01. The molecule has 1 aromatic rings. The third kappa shape index (κ3) is 1.07. The van der Waals surface area contributed by atoms with E-state index >= 15 is 0 Å². The van der Waals surface area contributed by atoms with Gasteiger partial charge in [-0.25, -0.2) is 4.98 Å². The van der Waals surface area contributed by atoms with E-state index in [1.165, 1.54) is 0 Å². The highest BCUT2D eigenvalue weighted by Gasteiger charge is 1.86. The zero-order valence-electron chi connectivity index (χ0n) is 4.39. The number of H-pyrrole nitrogens is 1. The van der Waals surface area contributed by atoms with Gasteiger partial charge in [-0.1, -0.05) is 0 Å².